The first-order valence-corrected chi connectivity index (χ1v) is 22.3. The Morgan fingerprint density at radius 2 is 1.07 bits per heavy atom. The van der Waals surface area contributed by atoms with Crippen molar-refractivity contribution in [1.29, 1.82) is 0 Å². The van der Waals surface area contributed by atoms with Crippen molar-refractivity contribution in [2.45, 2.75) is 159 Å². The lowest BCUT2D eigenvalue weighted by Crippen LogP contribution is -2.22. The second-order valence-corrected chi connectivity index (χ2v) is 22.1. The van der Waals surface area contributed by atoms with E-state index in [1.165, 1.54) is 36.0 Å². The van der Waals surface area contributed by atoms with Crippen LogP contribution >= 0.6 is 11.6 Å². The van der Waals surface area contributed by atoms with Gasteiger partial charge in [-0.15, -0.1) is 0 Å². The van der Waals surface area contributed by atoms with Gasteiger partial charge < -0.3 is 5.11 Å². The fourth-order valence-electron chi connectivity index (χ4n) is 7.16. The fraction of sp³-hybridized carbons (Fsp3) is 0.474. The molecule has 0 fully saturated rings. The normalized spacial score (nSPS) is 14.6. The Labute approximate surface area is 368 Å². The summed E-state index contributed by atoms with van der Waals surface area (Å²) in [6, 6.07) is 46.3. The monoisotopic (exact) mass is 817 g/mol. The minimum Gasteiger partial charge on any atom is -0.506 e. The summed E-state index contributed by atoms with van der Waals surface area (Å²) in [5.74, 6) is 1.58. The highest BCUT2D eigenvalue weighted by atomic mass is 35.5. The predicted octanol–water partition coefficient (Wildman–Crippen LogP) is 17.6. The topological polar surface area (TPSA) is 20.2 Å². The van der Waals surface area contributed by atoms with Crippen LogP contribution in [0, 0.1) is 16.2 Å². The van der Waals surface area contributed by atoms with Crippen molar-refractivity contribution in [2.75, 3.05) is 0 Å². The van der Waals surface area contributed by atoms with Crippen molar-refractivity contribution >= 4 is 11.6 Å². The Hall–Kier alpha value is -3.81. The average Bonchev–Trinajstić information content (AvgIpc) is 3.15. The minimum atomic E-state index is -0.0605. The summed E-state index contributed by atoms with van der Waals surface area (Å²) >= 11 is 5.77. The van der Waals surface area contributed by atoms with Crippen molar-refractivity contribution in [3.05, 3.63) is 172 Å². The first kappa shape index (κ1) is 51.3. The molecule has 0 spiro atoms. The molecule has 1 aliphatic rings. The molecule has 2 atom stereocenters. The molecule has 0 saturated heterocycles. The van der Waals surface area contributed by atoms with Crippen molar-refractivity contribution < 1.29 is 5.11 Å². The maximum absolute atomic E-state index is 9.60. The van der Waals surface area contributed by atoms with Gasteiger partial charge in [0.1, 0.15) is 5.75 Å². The third kappa shape index (κ3) is 19.0. The third-order valence-corrected chi connectivity index (χ3v) is 11.3. The number of rotatable bonds is 2. The van der Waals surface area contributed by atoms with Gasteiger partial charge in [0.15, 0.2) is 0 Å². The standard InChI is InChI=1S/C14H20.C12H18.C11H16.C10H13ClO.C10H14/c1-14(2,3)13-10-6-8-11-7-4-5-9-12(11)13;1-10(12(2,3)4)11-8-6-5-7-9-11;1-11(2,3)9-10-7-5-4-6-8-10;1-10(2,3)7-5-4-6-8(11)9(7)12;1-10(2,3)9-7-5-4-6-8-9/h4-5,7,9,13H,6,8,10H2,1-3H3;5-10H,1-4H3;4-8H,9H2,1-3H3;4-6,12H,1-3H3;4-8H,1-3H3. The van der Waals surface area contributed by atoms with E-state index in [1.54, 1.807) is 17.2 Å². The van der Waals surface area contributed by atoms with Crippen LogP contribution in [0.2, 0.25) is 5.02 Å². The van der Waals surface area contributed by atoms with Gasteiger partial charge in [-0.05, 0) is 98.5 Å². The van der Waals surface area contributed by atoms with Crippen molar-refractivity contribution in [1.82, 2.24) is 0 Å². The molecule has 2 heteroatoms. The highest BCUT2D eigenvalue weighted by Crippen LogP contribution is 2.43. The Balaban J connectivity index is 0.000000255. The van der Waals surface area contributed by atoms with Crippen LogP contribution in [0.25, 0.3) is 0 Å². The maximum atomic E-state index is 9.60. The van der Waals surface area contributed by atoms with Crippen LogP contribution in [0.15, 0.2) is 133 Å². The number of fused-ring (bicyclic) bond motifs is 1. The molecule has 59 heavy (non-hydrogen) atoms. The van der Waals surface area contributed by atoms with Gasteiger partial charge >= 0.3 is 0 Å². The van der Waals surface area contributed by atoms with E-state index in [-0.39, 0.29) is 11.2 Å². The molecule has 0 amide bonds. The molecule has 0 aliphatic heterocycles. The largest absolute Gasteiger partial charge is 0.506 e. The van der Waals surface area contributed by atoms with Gasteiger partial charge in [0.05, 0.1) is 5.02 Å². The number of para-hydroxylation sites is 1. The Kier molecular flexibility index (Phi) is 19.7. The number of halogens is 1. The SMILES string of the molecule is CC(C)(C)C1CCCc2ccccc21.CC(C)(C)Cc1ccccc1.CC(C)(C)c1cccc(Cl)c1O.CC(C)(C)c1ccccc1.CC(c1ccccc1)C(C)(C)C. The Morgan fingerprint density at radius 3 is 1.51 bits per heavy atom. The lowest BCUT2D eigenvalue weighted by molar-refractivity contribution is 0.289. The van der Waals surface area contributed by atoms with E-state index >= 15 is 0 Å². The zero-order valence-corrected chi connectivity index (χ0v) is 40.8. The van der Waals surface area contributed by atoms with Crippen LogP contribution in [0.4, 0.5) is 0 Å². The molecular formula is C57H81ClO. The minimum absolute atomic E-state index is 0.0605. The molecule has 5 aromatic rings. The zero-order chi connectivity index (χ0) is 44.7. The molecule has 2 unspecified atom stereocenters. The van der Waals surface area contributed by atoms with Gasteiger partial charge in [0.2, 0.25) is 0 Å². The lowest BCUT2D eigenvalue weighted by Gasteiger charge is -2.35. The Bertz CT molecular complexity index is 1890. The number of hydrogen-bond donors (Lipinski definition) is 1. The van der Waals surface area contributed by atoms with Crippen LogP contribution in [-0.2, 0) is 23.7 Å². The quantitative estimate of drug-likeness (QED) is 0.188. The summed E-state index contributed by atoms with van der Waals surface area (Å²) < 4.78 is 0. The molecule has 1 N–H and O–H groups in total. The van der Waals surface area contributed by atoms with Gasteiger partial charge in [0, 0.05) is 5.56 Å². The van der Waals surface area contributed by atoms with Crippen molar-refractivity contribution in [2.24, 2.45) is 16.2 Å². The third-order valence-electron chi connectivity index (χ3n) is 11.0. The highest BCUT2D eigenvalue weighted by molar-refractivity contribution is 6.32. The highest BCUT2D eigenvalue weighted by Gasteiger charge is 2.30. The number of aryl methyl sites for hydroxylation is 1. The summed E-state index contributed by atoms with van der Waals surface area (Å²) in [4.78, 5) is 0. The first-order valence-electron chi connectivity index (χ1n) is 21.9. The number of phenolic OH excluding ortho intramolecular Hbond substituents is 1. The second-order valence-electron chi connectivity index (χ2n) is 21.7. The lowest BCUT2D eigenvalue weighted by atomic mass is 9.69. The molecule has 1 nitrogen and oxygen atoms in total. The molecule has 0 heterocycles. The molecule has 0 aromatic heterocycles. The number of phenols is 1. The van der Waals surface area contributed by atoms with Crippen LogP contribution < -0.4 is 0 Å². The molecule has 5 aromatic carbocycles. The maximum Gasteiger partial charge on any atom is 0.137 e. The zero-order valence-electron chi connectivity index (χ0n) is 40.0. The van der Waals surface area contributed by atoms with Crippen LogP contribution in [0.1, 0.15) is 169 Å². The van der Waals surface area contributed by atoms with E-state index in [9.17, 15) is 5.11 Å². The average molecular weight is 818 g/mol. The van der Waals surface area contributed by atoms with E-state index in [4.69, 9.17) is 11.6 Å². The smallest absolute Gasteiger partial charge is 0.137 e. The van der Waals surface area contributed by atoms with Gasteiger partial charge in [-0.1, -0.05) is 250 Å². The number of aromatic hydroxyl groups is 1. The van der Waals surface area contributed by atoms with Gasteiger partial charge in [-0.25, -0.2) is 0 Å². The van der Waals surface area contributed by atoms with Crippen molar-refractivity contribution in [3.8, 4) is 5.75 Å². The Morgan fingerprint density at radius 1 is 0.576 bits per heavy atom. The van der Waals surface area contributed by atoms with Crippen LogP contribution in [0.5, 0.6) is 5.75 Å². The van der Waals surface area contributed by atoms with Gasteiger partial charge in [0.25, 0.3) is 0 Å². The molecule has 1 aliphatic carbocycles. The molecule has 0 bridgehead atoms. The summed E-state index contributed by atoms with van der Waals surface area (Å²) in [7, 11) is 0. The molecular weight excluding hydrogens is 736 g/mol. The summed E-state index contributed by atoms with van der Waals surface area (Å²) in [6.45, 7) is 35.8. The number of benzene rings is 5. The summed E-state index contributed by atoms with van der Waals surface area (Å²) in [6.07, 6.45) is 5.16. The van der Waals surface area contributed by atoms with Gasteiger partial charge in [-0.3, -0.25) is 0 Å². The number of hydrogen-bond acceptors (Lipinski definition) is 1. The first-order chi connectivity index (χ1) is 27.2. The molecule has 0 radical (unpaired) electrons. The van der Waals surface area contributed by atoms with E-state index < -0.39 is 0 Å². The van der Waals surface area contributed by atoms with Crippen molar-refractivity contribution in [3.63, 3.8) is 0 Å². The predicted molar refractivity (Wildman–Crippen MR) is 262 cm³/mol. The molecule has 0 saturated carbocycles. The van der Waals surface area contributed by atoms with Crippen LogP contribution in [0.3, 0.4) is 0 Å². The van der Waals surface area contributed by atoms with Crippen LogP contribution in [-0.4, -0.2) is 5.11 Å². The van der Waals surface area contributed by atoms with E-state index in [2.05, 4.69) is 205 Å². The van der Waals surface area contributed by atoms with Gasteiger partial charge in [-0.2, -0.15) is 0 Å². The summed E-state index contributed by atoms with van der Waals surface area (Å²) in [5.41, 5.74) is 9.75. The molecule has 6 rings (SSSR count). The van der Waals surface area contributed by atoms with E-state index in [1.807, 2.05) is 32.9 Å². The van der Waals surface area contributed by atoms with E-state index in [0.717, 1.165) is 17.9 Å². The second kappa shape index (κ2) is 22.7. The summed E-state index contributed by atoms with van der Waals surface area (Å²) in [5, 5.41) is 10.0. The molecule has 322 valence electrons. The fourth-order valence-corrected chi connectivity index (χ4v) is 7.34. The van der Waals surface area contributed by atoms with E-state index in [0.29, 0.717) is 32.6 Å².